The maximum absolute atomic E-state index is 12.7. The lowest BCUT2D eigenvalue weighted by molar-refractivity contribution is 0.195. The number of anilines is 1. The predicted octanol–water partition coefficient (Wildman–Crippen LogP) is 2.09. The molecule has 6 heteroatoms. The van der Waals surface area contributed by atoms with E-state index < -0.39 is 10.0 Å². The third-order valence-electron chi connectivity index (χ3n) is 3.88. The number of piperidine rings is 1. The number of nitrogen functional groups attached to an aromatic ring is 1. The molecule has 1 aromatic rings. The molecule has 1 aliphatic heterocycles. The third-order valence-corrected chi connectivity index (χ3v) is 5.80. The molecule has 1 fully saturated rings. The second kappa shape index (κ2) is 5.26. The Kier molecular flexibility index (Phi) is 3.97. The van der Waals surface area contributed by atoms with Crippen molar-refractivity contribution in [3.63, 3.8) is 0 Å². The minimum atomic E-state index is -3.55. The van der Waals surface area contributed by atoms with Gasteiger partial charge in [-0.25, -0.2) is 8.42 Å². The van der Waals surface area contributed by atoms with Gasteiger partial charge in [-0.05, 0) is 36.5 Å². The van der Waals surface area contributed by atoms with Crippen LogP contribution in [0.1, 0.15) is 26.7 Å². The van der Waals surface area contributed by atoms with Gasteiger partial charge in [0.1, 0.15) is 10.6 Å². The van der Waals surface area contributed by atoms with Crippen molar-refractivity contribution >= 4 is 15.7 Å². The van der Waals surface area contributed by atoms with Crippen LogP contribution in [0.5, 0.6) is 5.75 Å². The number of sulfonamides is 1. The van der Waals surface area contributed by atoms with Crippen LogP contribution in [0.15, 0.2) is 23.1 Å². The molecule has 112 valence electrons. The Bertz CT molecular complexity index is 586. The zero-order chi connectivity index (χ0) is 15.0. The molecular weight excluding hydrogens is 276 g/mol. The fraction of sp³-hybridized carbons (Fsp3) is 0.571. The van der Waals surface area contributed by atoms with Crippen LogP contribution >= 0.6 is 0 Å². The first-order valence-corrected chi connectivity index (χ1v) is 8.14. The summed E-state index contributed by atoms with van der Waals surface area (Å²) in [5, 5.41) is 0. The second-order valence-electron chi connectivity index (χ2n) is 5.98. The summed E-state index contributed by atoms with van der Waals surface area (Å²) in [7, 11) is -2.09. The molecule has 0 radical (unpaired) electrons. The Hall–Kier alpha value is -1.27. The van der Waals surface area contributed by atoms with Gasteiger partial charge in [-0.15, -0.1) is 0 Å². The van der Waals surface area contributed by atoms with E-state index in [9.17, 15) is 8.42 Å². The van der Waals surface area contributed by atoms with Crippen LogP contribution in [0.4, 0.5) is 5.69 Å². The largest absolute Gasteiger partial charge is 0.495 e. The predicted molar refractivity (Wildman–Crippen MR) is 79.2 cm³/mol. The monoisotopic (exact) mass is 298 g/mol. The lowest BCUT2D eigenvalue weighted by atomic mass is 9.83. The summed E-state index contributed by atoms with van der Waals surface area (Å²) in [6, 6.07) is 4.70. The van der Waals surface area contributed by atoms with E-state index in [0.717, 1.165) is 12.8 Å². The first kappa shape index (κ1) is 15.1. The van der Waals surface area contributed by atoms with Crippen LogP contribution < -0.4 is 10.5 Å². The topological polar surface area (TPSA) is 72.6 Å². The molecule has 1 saturated heterocycles. The highest BCUT2D eigenvalue weighted by Crippen LogP contribution is 2.35. The number of methoxy groups -OCH3 is 1. The van der Waals surface area contributed by atoms with E-state index in [4.69, 9.17) is 10.5 Å². The van der Waals surface area contributed by atoms with Gasteiger partial charge in [0.05, 0.1) is 7.11 Å². The summed E-state index contributed by atoms with van der Waals surface area (Å²) in [5.41, 5.74) is 6.33. The zero-order valence-electron chi connectivity index (χ0n) is 12.2. The molecule has 0 spiro atoms. The summed E-state index contributed by atoms with van der Waals surface area (Å²) in [6.45, 7) is 5.40. The Labute approximate surface area is 120 Å². The second-order valence-corrected chi connectivity index (χ2v) is 7.88. The molecule has 0 atom stereocenters. The molecule has 2 rings (SSSR count). The van der Waals surface area contributed by atoms with E-state index >= 15 is 0 Å². The molecule has 1 aromatic carbocycles. The number of hydrogen-bond donors (Lipinski definition) is 1. The van der Waals surface area contributed by atoms with Crippen LogP contribution in [-0.2, 0) is 10.0 Å². The van der Waals surface area contributed by atoms with Crippen LogP contribution in [0.2, 0.25) is 0 Å². The van der Waals surface area contributed by atoms with Gasteiger partial charge in [-0.1, -0.05) is 13.8 Å². The van der Waals surface area contributed by atoms with E-state index in [2.05, 4.69) is 13.8 Å². The normalized spacial score (nSPS) is 19.8. The Morgan fingerprint density at radius 3 is 2.40 bits per heavy atom. The van der Waals surface area contributed by atoms with Crippen molar-refractivity contribution < 1.29 is 13.2 Å². The van der Waals surface area contributed by atoms with Gasteiger partial charge in [0.25, 0.3) is 0 Å². The highest BCUT2D eigenvalue weighted by Gasteiger charge is 2.34. The maximum Gasteiger partial charge on any atom is 0.246 e. The first-order valence-electron chi connectivity index (χ1n) is 6.70. The molecule has 0 saturated carbocycles. The number of rotatable bonds is 3. The van der Waals surface area contributed by atoms with E-state index in [1.165, 1.54) is 17.5 Å². The number of benzene rings is 1. The molecule has 2 N–H and O–H groups in total. The fourth-order valence-electron chi connectivity index (χ4n) is 2.37. The first-order chi connectivity index (χ1) is 9.26. The van der Waals surface area contributed by atoms with Crippen LogP contribution in [-0.4, -0.2) is 32.9 Å². The quantitative estimate of drug-likeness (QED) is 0.867. The van der Waals surface area contributed by atoms with Gasteiger partial charge in [0.2, 0.25) is 10.0 Å². The van der Waals surface area contributed by atoms with Crippen molar-refractivity contribution in [1.82, 2.24) is 4.31 Å². The molecule has 1 aliphatic rings. The molecule has 0 aromatic heterocycles. The highest BCUT2D eigenvalue weighted by molar-refractivity contribution is 7.89. The number of ether oxygens (including phenoxy) is 1. The van der Waals surface area contributed by atoms with Gasteiger partial charge < -0.3 is 10.5 Å². The van der Waals surface area contributed by atoms with E-state index in [0.29, 0.717) is 24.5 Å². The molecule has 20 heavy (non-hydrogen) atoms. The molecular formula is C14H22N2O3S. The van der Waals surface area contributed by atoms with Gasteiger partial charge in [0, 0.05) is 18.8 Å². The van der Waals surface area contributed by atoms with E-state index in [1.807, 2.05) is 0 Å². The third kappa shape index (κ3) is 2.91. The Morgan fingerprint density at radius 2 is 1.85 bits per heavy atom. The number of nitrogens with zero attached hydrogens (tertiary/aromatic N) is 1. The Balaban J connectivity index is 2.34. The van der Waals surface area contributed by atoms with Crippen molar-refractivity contribution in [3.05, 3.63) is 18.2 Å². The molecule has 0 aliphatic carbocycles. The van der Waals surface area contributed by atoms with Crippen molar-refractivity contribution in [1.29, 1.82) is 0 Å². The number of hydrogen-bond acceptors (Lipinski definition) is 4. The van der Waals surface area contributed by atoms with Crippen LogP contribution in [0, 0.1) is 5.41 Å². The van der Waals surface area contributed by atoms with Gasteiger partial charge in [-0.2, -0.15) is 4.31 Å². The van der Waals surface area contributed by atoms with Crippen molar-refractivity contribution in [2.24, 2.45) is 5.41 Å². The minimum absolute atomic E-state index is 0.153. The SMILES string of the molecule is COc1ccc(N)cc1S(=O)(=O)N1CCC(C)(C)CC1. The summed E-state index contributed by atoms with van der Waals surface area (Å²) in [4.78, 5) is 0.153. The molecule has 0 unspecified atom stereocenters. The Morgan fingerprint density at radius 1 is 1.25 bits per heavy atom. The van der Waals surface area contributed by atoms with Crippen molar-refractivity contribution in [3.8, 4) is 5.75 Å². The smallest absolute Gasteiger partial charge is 0.246 e. The summed E-state index contributed by atoms with van der Waals surface area (Å²) in [5.74, 6) is 0.337. The van der Waals surface area contributed by atoms with Crippen LogP contribution in [0.3, 0.4) is 0 Å². The van der Waals surface area contributed by atoms with Crippen LogP contribution in [0.25, 0.3) is 0 Å². The maximum atomic E-state index is 12.7. The molecule has 0 amide bonds. The lowest BCUT2D eigenvalue weighted by Crippen LogP contribution is -2.41. The highest BCUT2D eigenvalue weighted by atomic mass is 32.2. The lowest BCUT2D eigenvalue weighted by Gasteiger charge is -2.36. The standard InChI is InChI=1S/C14H22N2O3S/c1-14(2)6-8-16(9-7-14)20(17,18)13-10-11(15)4-5-12(13)19-3/h4-5,10H,6-9,15H2,1-3H3. The van der Waals surface area contributed by atoms with Gasteiger partial charge in [0.15, 0.2) is 0 Å². The molecule has 0 bridgehead atoms. The summed E-state index contributed by atoms with van der Waals surface area (Å²) in [6.07, 6.45) is 1.72. The molecule has 1 heterocycles. The average Bonchev–Trinajstić information content (AvgIpc) is 2.38. The zero-order valence-corrected chi connectivity index (χ0v) is 13.0. The summed E-state index contributed by atoms with van der Waals surface area (Å²) >= 11 is 0. The van der Waals surface area contributed by atoms with Crippen molar-refractivity contribution in [2.75, 3.05) is 25.9 Å². The fourth-order valence-corrected chi connectivity index (χ4v) is 4.00. The van der Waals surface area contributed by atoms with Crippen molar-refractivity contribution in [2.45, 2.75) is 31.6 Å². The van der Waals surface area contributed by atoms with Gasteiger partial charge in [-0.3, -0.25) is 0 Å². The average molecular weight is 298 g/mol. The molecule has 5 nitrogen and oxygen atoms in total. The minimum Gasteiger partial charge on any atom is -0.495 e. The van der Waals surface area contributed by atoms with E-state index in [-0.39, 0.29) is 10.3 Å². The number of nitrogens with two attached hydrogens (primary N) is 1. The summed E-state index contributed by atoms with van der Waals surface area (Å²) < 4.78 is 32.1. The van der Waals surface area contributed by atoms with E-state index in [1.54, 1.807) is 12.1 Å². The van der Waals surface area contributed by atoms with Gasteiger partial charge >= 0.3 is 0 Å².